The average Bonchev–Trinajstić information content (AvgIpc) is 2.62. The number of carbonyl (C=O) groups is 1. The number of aromatic hydroxyl groups is 1. The molecule has 3 aromatic rings. The molecule has 0 aliphatic heterocycles. The van der Waals surface area contributed by atoms with E-state index >= 15 is 0 Å². The molecule has 150 valence electrons. The van der Waals surface area contributed by atoms with E-state index < -0.39 is 5.41 Å². The smallest absolute Gasteiger partial charge is 0.230 e. The van der Waals surface area contributed by atoms with E-state index in [4.69, 9.17) is 34.8 Å². The van der Waals surface area contributed by atoms with E-state index in [1.807, 2.05) is 32.0 Å². The molecule has 29 heavy (non-hydrogen) atoms. The van der Waals surface area contributed by atoms with Gasteiger partial charge >= 0.3 is 0 Å². The number of carbonyl (C=O) groups excluding carboxylic acids is 1. The first-order valence-corrected chi connectivity index (χ1v) is 9.99. The van der Waals surface area contributed by atoms with Crippen LogP contribution in [0.1, 0.15) is 19.4 Å². The molecule has 2 aromatic carbocycles. The number of rotatable bonds is 5. The molecule has 0 aliphatic carbocycles. The van der Waals surface area contributed by atoms with Gasteiger partial charge in [0.1, 0.15) is 10.9 Å². The van der Waals surface area contributed by atoms with Crippen LogP contribution >= 0.6 is 34.8 Å². The van der Waals surface area contributed by atoms with E-state index in [9.17, 15) is 9.90 Å². The molecule has 0 fully saturated rings. The number of amides is 1. The van der Waals surface area contributed by atoms with Crippen molar-refractivity contribution in [3.63, 3.8) is 0 Å². The van der Waals surface area contributed by atoms with Crippen LogP contribution in [0.3, 0.4) is 0 Å². The van der Waals surface area contributed by atoms with Crippen molar-refractivity contribution in [2.24, 2.45) is 5.41 Å². The van der Waals surface area contributed by atoms with Crippen molar-refractivity contribution in [3.8, 4) is 16.9 Å². The van der Waals surface area contributed by atoms with Crippen molar-refractivity contribution < 1.29 is 9.90 Å². The molecule has 0 spiro atoms. The number of phenols is 1. The van der Waals surface area contributed by atoms with Crippen LogP contribution < -0.4 is 5.32 Å². The molecule has 4 nitrogen and oxygen atoms in total. The van der Waals surface area contributed by atoms with Gasteiger partial charge in [-0.2, -0.15) is 0 Å². The average molecular weight is 450 g/mol. The first-order valence-electron chi connectivity index (χ1n) is 8.86. The molecule has 0 saturated carbocycles. The molecular weight excluding hydrogens is 431 g/mol. The van der Waals surface area contributed by atoms with E-state index in [0.717, 1.165) is 11.1 Å². The maximum absolute atomic E-state index is 13.1. The normalized spacial score (nSPS) is 11.3. The van der Waals surface area contributed by atoms with Crippen LogP contribution in [-0.2, 0) is 11.2 Å². The van der Waals surface area contributed by atoms with Gasteiger partial charge < -0.3 is 10.4 Å². The second-order valence-corrected chi connectivity index (χ2v) is 8.60. The second kappa shape index (κ2) is 8.62. The van der Waals surface area contributed by atoms with Gasteiger partial charge in [-0.05, 0) is 42.3 Å². The Morgan fingerprint density at radius 1 is 1.07 bits per heavy atom. The lowest BCUT2D eigenvalue weighted by molar-refractivity contribution is -0.123. The van der Waals surface area contributed by atoms with Gasteiger partial charge in [0.05, 0.1) is 11.9 Å². The van der Waals surface area contributed by atoms with Gasteiger partial charge in [0, 0.05) is 26.6 Å². The fourth-order valence-corrected chi connectivity index (χ4v) is 3.70. The Labute approximate surface area is 184 Å². The minimum absolute atomic E-state index is 0.0617. The maximum Gasteiger partial charge on any atom is 0.230 e. The first-order chi connectivity index (χ1) is 13.7. The van der Waals surface area contributed by atoms with Crippen LogP contribution in [0.2, 0.25) is 15.2 Å². The van der Waals surface area contributed by atoms with E-state index in [1.165, 1.54) is 12.3 Å². The summed E-state index contributed by atoms with van der Waals surface area (Å²) in [6.45, 7) is 3.64. The zero-order valence-corrected chi connectivity index (χ0v) is 18.1. The summed E-state index contributed by atoms with van der Waals surface area (Å²) in [6.07, 6.45) is 1.90. The second-order valence-electron chi connectivity index (χ2n) is 7.36. The van der Waals surface area contributed by atoms with Gasteiger partial charge in [-0.25, -0.2) is 4.98 Å². The molecule has 1 amide bonds. The van der Waals surface area contributed by atoms with Crippen LogP contribution in [0.15, 0.2) is 54.7 Å². The lowest BCUT2D eigenvalue weighted by Gasteiger charge is -2.25. The molecule has 0 radical (unpaired) electrons. The number of pyridine rings is 1. The molecule has 0 saturated heterocycles. The monoisotopic (exact) mass is 448 g/mol. The third-order valence-corrected chi connectivity index (χ3v) is 5.24. The van der Waals surface area contributed by atoms with Crippen molar-refractivity contribution in [3.05, 3.63) is 75.5 Å². The van der Waals surface area contributed by atoms with Crippen LogP contribution in [0, 0.1) is 5.41 Å². The van der Waals surface area contributed by atoms with Crippen LogP contribution in [0.4, 0.5) is 5.69 Å². The van der Waals surface area contributed by atoms with E-state index in [1.54, 1.807) is 24.3 Å². The van der Waals surface area contributed by atoms with E-state index in [2.05, 4.69) is 10.3 Å². The lowest BCUT2D eigenvalue weighted by Crippen LogP contribution is -2.33. The van der Waals surface area contributed by atoms with Crippen LogP contribution in [0.5, 0.6) is 5.75 Å². The number of nitrogens with zero attached hydrogens (tertiary/aromatic N) is 1. The largest absolute Gasteiger partial charge is 0.508 e. The van der Waals surface area contributed by atoms with Gasteiger partial charge in [-0.1, -0.05) is 66.8 Å². The van der Waals surface area contributed by atoms with Gasteiger partial charge in [-0.15, -0.1) is 0 Å². The highest BCUT2D eigenvalue weighted by atomic mass is 35.5. The Morgan fingerprint density at radius 3 is 2.48 bits per heavy atom. The summed E-state index contributed by atoms with van der Waals surface area (Å²) >= 11 is 18.4. The van der Waals surface area contributed by atoms with Gasteiger partial charge in [-0.3, -0.25) is 4.79 Å². The zero-order chi connectivity index (χ0) is 21.2. The van der Waals surface area contributed by atoms with Crippen molar-refractivity contribution >= 4 is 46.4 Å². The number of hydrogen-bond acceptors (Lipinski definition) is 3. The summed E-state index contributed by atoms with van der Waals surface area (Å²) in [4.78, 5) is 17.2. The summed E-state index contributed by atoms with van der Waals surface area (Å²) in [6, 6.07) is 13.8. The molecule has 3 rings (SSSR count). The third-order valence-electron chi connectivity index (χ3n) is 4.49. The third kappa shape index (κ3) is 5.21. The Morgan fingerprint density at radius 2 is 1.79 bits per heavy atom. The molecule has 0 unspecified atom stereocenters. The molecule has 7 heteroatoms. The number of nitrogens with one attached hydrogen (secondary N) is 1. The Hall–Kier alpha value is -2.27. The number of hydrogen-bond donors (Lipinski definition) is 2. The number of phenolic OH excluding ortho intramolecular Hbond substituents is 1. The summed E-state index contributed by atoms with van der Waals surface area (Å²) < 4.78 is 0. The fourth-order valence-electron chi connectivity index (χ4n) is 3.05. The Balaban J connectivity index is 1.89. The number of anilines is 1. The molecular formula is C22H19Cl3N2O2. The zero-order valence-electron chi connectivity index (χ0n) is 15.8. The van der Waals surface area contributed by atoms with Crippen molar-refractivity contribution in [2.45, 2.75) is 20.3 Å². The molecule has 1 heterocycles. The van der Waals surface area contributed by atoms with Gasteiger partial charge in [0.25, 0.3) is 0 Å². The van der Waals surface area contributed by atoms with E-state index in [-0.39, 0.29) is 11.7 Å². The summed E-state index contributed by atoms with van der Waals surface area (Å²) in [7, 11) is 0. The highest BCUT2D eigenvalue weighted by molar-refractivity contribution is 6.34. The van der Waals surface area contributed by atoms with Crippen molar-refractivity contribution in [1.82, 2.24) is 4.98 Å². The molecule has 0 bridgehead atoms. The summed E-state index contributed by atoms with van der Waals surface area (Å²) in [5.41, 5.74) is 1.91. The maximum atomic E-state index is 13.1. The lowest BCUT2D eigenvalue weighted by atomic mass is 9.84. The van der Waals surface area contributed by atoms with Crippen molar-refractivity contribution in [2.75, 3.05) is 5.32 Å². The number of halogens is 3. The quantitative estimate of drug-likeness (QED) is 0.430. The number of aromatic nitrogens is 1. The topological polar surface area (TPSA) is 62.2 Å². The predicted molar refractivity (Wildman–Crippen MR) is 119 cm³/mol. The SMILES string of the molecule is CC(C)(Cc1cc(O)cc(Cl)c1)C(=O)Nc1cnc(Cl)cc1-c1ccccc1Cl. The predicted octanol–water partition coefficient (Wildman–Crippen LogP) is 6.62. The molecule has 0 atom stereocenters. The Bertz CT molecular complexity index is 1050. The van der Waals surface area contributed by atoms with Crippen LogP contribution in [-0.4, -0.2) is 16.0 Å². The summed E-state index contributed by atoms with van der Waals surface area (Å²) in [5.74, 6) is -0.152. The van der Waals surface area contributed by atoms with Gasteiger partial charge in [0.15, 0.2) is 0 Å². The first kappa shape index (κ1) is 21.4. The minimum Gasteiger partial charge on any atom is -0.508 e. The molecule has 0 aliphatic rings. The van der Waals surface area contributed by atoms with E-state index in [0.29, 0.717) is 32.9 Å². The van der Waals surface area contributed by atoms with Gasteiger partial charge in [0.2, 0.25) is 5.91 Å². The number of benzene rings is 2. The van der Waals surface area contributed by atoms with Crippen molar-refractivity contribution in [1.29, 1.82) is 0 Å². The standard InChI is InChI=1S/C22H19Cl3N2O2/c1-22(2,11-13-7-14(23)9-15(28)8-13)21(29)27-19-12-26-20(25)10-17(19)16-5-3-4-6-18(16)24/h3-10,12,28H,11H2,1-2H3,(H,27,29). The summed E-state index contributed by atoms with van der Waals surface area (Å²) in [5, 5.41) is 14.0. The molecule has 2 N–H and O–H groups in total. The Kier molecular flexibility index (Phi) is 6.37. The highest BCUT2D eigenvalue weighted by Crippen LogP contribution is 2.35. The molecule has 1 aromatic heterocycles. The minimum atomic E-state index is -0.783. The fraction of sp³-hybridized carbons (Fsp3) is 0.182. The van der Waals surface area contributed by atoms with Crippen LogP contribution in [0.25, 0.3) is 11.1 Å². The highest BCUT2D eigenvalue weighted by Gasteiger charge is 2.29.